The molecular formula is C18H19NO4. The average molecular weight is 313 g/mol. The van der Waals surface area contributed by atoms with Crippen LogP contribution in [-0.2, 0) is 31.9 Å². The molecule has 0 bridgehead atoms. The van der Waals surface area contributed by atoms with Crippen LogP contribution in [0.5, 0.6) is 0 Å². The number of carbonyl (C=O) groups excluding carboxylic acids is 1. The number of hydrogen-bond acceptors (Lipinski definition) is 5. The van der Waals surface area contributed by atoms with Gasteiger partial charge in [0.25, 0.3) is 0 Å². The lowest BCUT2D eigenvalue weighted by molar-refractivity contribution is -0.133. The molecule has 0 fully saturated rings. The molecule has 0 N–H and O–H groups in total. The van der Waals surface area contributed by atoms with Gasteiger partial charge in [-0.1, -0.05) is 29.3 Å². The summed E-state index contributed by atoms with van der Waals surface area (Å²) < 4.78 is 9.89. The number of carbonyl (C=O) groups is 1. The molecule has 5 heteroatoms. The zero-order valence-corrected chi connectivity index (χ0v) is 13.3. The summed E-state index contributed by atoms with van der Waals surface area (Å²) in [5.74, 6) is 1.94. The second-order valence-electron chi connectivity index (χ2n) is 5.01. The molecule has 1 aromatic carbocycles. The van der Waals surface area contributed by atoms with Crippen LogP contribution in [0.2, 0.25) is 0 Å². The predicted octanol–water partition coefficient (Wildman–Crippen LogP) is 2.34. The number of ether oxygens (including phenoxy) is 2. The lowest BCUT2D eigenvalue weighted by atomic mass is 9.85. The summed E-state index contributed by atoms with van der Waals surface area (Å²) in [7, 11) is 2.85. The van der Waals surface area contributed by atoms with Crippen molar-refractivity contribution in [3.05, 3.63) is 41.2 Å². The monoisotopic (exact) mass is 313 g/mol. The number of nitrogens with zero attached hydrogens (tertiary/aromatic N) is 1. The Hall–Kier alpha value is -2.74. The van der Waals surface area contributed by atoms with Gasteiger partial charge in [-0.3, -0.25) is 0 Å². The van der Waals surface area contributed by atoms with E-state index in [1.54, 1.807) is 0 Å². The van der Waals surface area contributed by atoms with E-state index in [2.05, 4.69) is 17.1 Å². The Balaban J connectivity index is 2.38. The van der Waals surface area contributed by atoms with Crippen molar-refractivity contribution in [2.75, 3.05) is 20.8 Å². The molecule has 0 spiro atoms. The number of benzene rings is 1. The summed E-state index contributed by atoms with van der Waals surface area (Å²) in [5, 5.41) is 4.09. The van der Waals surface area contributed by atoms with Gasteiger partial charge in [0, 0.05) is 6.42 Å². The van der Waals surface area contributed by atoms with Gasteiger partial charge in [-0.2, -0.15) is 0 Å². The first-order valence-corrected chi connectivity index (χ1v) is 7.24. The Morgan fingerprint density at radius 3 is 2.91 bits per heavy atom. The Labute approximate surface area is 135 Å². The smallest absolute Gasteiger partial charge is 0.341 e. The van der Waals surface area contributed by atoms with Crippen molar-refractivity contribution >= 4 is 17.3 Å². The third kappa shape index (κ3) is 3.92. The van der Waals surface area contributed by atoms with Crippen LogP contribution < -0.4 is 0 Å². The molecule has 23 heavy (non-hydrogen) atoms. The molecule has 5 nitrogen and oxygen atoms in total. The molecule has 1 aromatic rings. The van der Waals surface area contributed by atoms with Crippen molar-refractivity contribution in [3.8, 4) is 12.3 Å². The standard InChI is InChI=1S/C18H19NO4/c1-4-10-23-19-14-9-8-13-6-5-7-15(16(13)11-14)17(12-21-2)18(20)22-3/h1,5-7,12H,8-11H2,2-3H3/b17-12+,19-14?. The Morgan fingerprint density at radius 2 is 2.22 bits per heavy atom. The maximum atomic E-state index is 12.0. The van der Waals surface area contributed by atoms with Crippen LogP contribution in [0, 0.1) is 12.3 Å². The fourth-order valence-corrected chi connectivity index (χ4v) is 2.59. The molecular weight excluding hydrogens is 294 g/mol. The summed E-state index contributed by atoms with van der Waals surface area (Å²) in [4.78, 5) is 17.1. The third-order valence-electron chi connectivity index (χ3n) is 3.61. The van der Waals surface area contributed by atoms with Crippen LogP contribution >= 0.6 is 0 Å². The van der Waals surface area contributed by atoms with Crippen LogP contribution in [0.3, 0.4) is 0 Å². The number of oxime groups is 1. The molecule has 0 unspecified atom stereocenters. The number of hydrogen-bond donors (Lipinski definition) is 0. The van der Waals surface area contributed by atoms with Crippen molar-refractivity contribution < 1.29 is 19.1 Å². The van der Waals surface area contributed by atoms with Crippen LogP contribution in [0.25, 0.3) is 5.57 Å². The van der Waals surface area contributed by atoms with Crippen molar-refractivity contribution in [3.63, 3.8) is 0 Å². The highest BCUT2D eigenvalue weighted by atomic mass is 16.6. The zero-order chi connectivity index (χ0) is 16.7. The lowest BCUT2D eigenvalue weighted by Crippen LogP contribution is -2.17. The Bertz CT molecular complexity index is 683. The number of esters is 1. The van der Waals surface area contributed by atoms with Gasteiger partial charge in [0.2, 0.25) is 0 Å². The van der Waals surface area contributed by atoms with Crippen LogP contribution in [-0.4, -0.2) is 32.5 Å². The van der Waals surface area contributed by atoms with Gasteiger partial charge in [-0.05, 0) is 29.5 Å². The summed E-state index contributed by atoms with van der Waals surface area (Å²) in [6.07, 6.45) is 8.80. The second kappa shape index (κ2) is 8.04. The highest BCUT2D eigenvalue weighted by Crippen LogP contribution is 2.29. The van der Waals surface area contributed by atoms with Gasteiger partial charge < -0.3 is 14.3 Å². The van der Waals surface area contributed by atoms with E-state index in [4.69, 9.17) is 20.7 Å². The molecule has 0 atom stereocenters. The molecule has 0 heterocycles. The highest BCUT2D eigenvalue weighted by molar-refractivity contribution is 6.17. The molecule has 0 saturated heterocycles. The van der Waals surface area contributed by atoms with Gasteiger partial charge in [0.15, 0.2) is 6.61 Å². The van der Waals surface area contributed by atoms with E-state index >= 15 is 0 Å². The minimum absolute atomic E-state index is 0.148. The van der Waals surface area contributed by atoms with E-state index in [0.29, 0.717) is 12.0 Å². The molecule has 0 radical (unpaired) electrons. The first kappa shape index (κ1) is 16.6. The predicted molar refractivity (Wildman–Crippen MR) is 87.7 cm³/mol. The summed E-state index contributed by atoms with van der Waals surface area (Å²) in [6, 6.07) is 5.86. The van der Waals surface area contributed by atoms with E-state index in [0.717, 1.165) is 29.7 Å². The molecule has 0 aliphatic heterocycles. The van der Waals surface area contributed by atoms with E-state index in [1.807, 2.05) is 12.1 Å². The number of aryl methyl sites for hydroxylation is 1. The first-order chi connectivity index (χ1) is 11.2. The lowest BCUT2D eigenvalue weighted by Gasteiger charge is -2.21. The fraction of sp³-hybridized carbons (Fsp3) is 0.333. The zero-order valence-electron chi connectivity index (χ0n) is 13.3. The number of methoxy groups -OCH3 is 2. The van der Waals surface area contributed by atoms with Crippen LogP contribution in [0.15, 0.2) is 29.6 Å². The van der Waals surface area contributed by atoms with Gasteiger partial charge in [0.1, 0.15) is 5.57 Å². The topological polar surface area (TPSA) is 57.1 Å². The molecule has 0 saturated carbocycles. The minimum atomic E-state index is -0.437. The SMILES string of the molecule is C#CCON=C1CCc2cccc(/C(=C\OC)C(=O)OC)c2C1. The number of fused-ring (bicyclic) bond motifs is 1. The van der Waals surface area contributed by atoms with E-state index in [1.165, 1.54) is 26.0 Å². The third-order valence-corrected chi connectivity index (χ3v) is 3.61. The summed E-state index contributed by atoms with van der Waals surface area (Å²) in [6.45, 7) is 0.148. The first-order valence-electron chi connectivity index (χ1n) is 7.24. The average Bonchev–Trinajstić information content (AvgIpc) is 2.59. The maximum Gasteiger partial charge on any atom is 0.341 e. The highest BCUT2D eigenvalue weighted by Gasteiger charge is 2.23. The molecule has 0 amide bonds. The van der Waals surface area contributed by atoms with E-state index < -0.39 is 5.97 Å². The van der Waals surface area contributed by atoms with E-state index in [-0.39, 0.29) is 6.61 Å². The van der Waals surface area contributed by atoms with Crippen molar-refractivity contribution in [2.45, 2.75) is 19.3 Å². The maximum absolute atomic E-state index is 12.0. The molecule has 0 aromatic heterocycles. The normalized spacial score (nSPS) is 15.5. The Morgan fingerprint density at radius 1 is 1.39 bits per heavy atom. The van der Waals surface area contributed by atoms with Crippen molar-refractivity contribution in [1.29, 1.82) is 0 Å². The number of rotatable bonds is 5. The van der Waals surface area contributed by atoms with Gasteiger partial charge in [0.05, 0.1) is 26.2 Å². The largest absolute Gasteiger partial charge is 0.503 e. The van der Waals surface area contributed by atoms with Gasteiger partial charge in [-0.25, -0.2) is 4.79 Å². The summed E-state index contributed by atoms with van der Waals surface area (Å²) in [5.41, 5.74) is 4.31. The quantitative estimate of drug-likeness (QED) is 0.209. The molecule has 1 aliphatic rings. The van der Waals surface area contributed by atoms with Gasteiger partial charge >= 0.3 is 5.97 Å². The van der Waals surface area contributed by atoms with Crippen molar-refractivity contribution in [2.24, 2.45) is 5.16 Å². The minimum Gasteiger partial charge on any atom is -0.503 e. The Kier molecular flexibility index (Phi) is 5.81. The van der Waals surface area contributed by atoms with Gasteiger partial charge in [-0.15, -0.1) is 6.42 Å². The molecule has 1 aliphatic carbocycles. The number of terminal acetylenes is 1. The second-order valence-corrected chi connectivity index (χ2v) is 5.01. The fourth-order valence-electron chi connectivity index (χ4n) is 2.59. The van der Waals surface area contributed by atoms with Crippen LogP contribution in [0.4, 0.5) is 0 Å². The molecule has 2 rings (SSSR count). The van der Waals surface area contributed by atoms with Crippen LogP contribution in [0.1, 0.15) is 23.1 Å². The molecule has 120 valence electrons. The summed E-state index contributed by atoms with van der Waals surface area (Å²) >= 11 is 0. The van der Waals surface area contributed by atoms with Crippen molar-refractivity contribution in [1.82, 2.24) is 0 Å². The van der Waals surface area contributed by atoms with E-state index in [9.17, 15) is 4.79 Å².